The van der Waals surface area contributed by atoms with Gasteiger partial charge in [0, 0.05) is 55.4 Å². The van der Waals surface area contributed by atoms with Crippen molar-refractivity contribution in [3.8, 4) is 11.1 Å². The van der Waals surface area contributed by atoms with Crippen LogP contribution in [0, 0.1) is 0 Å². The summed E-state index contributed by atoms with van der Waals surface area (Å²) >= 11 is 0. The molecule has 3 aromatic carbocycles. The molecule has 1 aromatic heterocycles. The van der Waals surface area contributed by atoms with Gasteiger partial charge in [-0.05, 0) is 23.1 Å². The van der Waals surface area contributed by atoms with Gasteiger partial charge in [0.15, 0.2) is 12.4 Å². The second kappa shape index (κ2) is 9.03. The Bertz CT molecular complexity index is 1060. The summed E-state index contributed by atoms with van der Waals surface area (Å²) < 4.78 is 1.91. The van der Waals surface area contributed by atoms with Gasteiger partial charge < -0.3 is 5.32 Å². The molecule has 0 fully saturated rings. The van der Waals surface area contributed by atoms with Crippen LogP contribution in [0.15, 0.2) is 97.3 Å². The molecule has 4 rings (SSSR count). The molecule has 1 heterocycles. The smallest absolute Gasteiger partial charge is 0.290 e. The number of pyridine rings is 1. The maximum Gasteiger partial charge on any atom is 0.290 e. The van der Waals surface area contributed by atoms with Crippen LogP contribution in [0.3, 0.4) is 0 Å². The van der Waals surface area contributed by atoms with E-state index in [0.29, 0.717) is 0 Å². The Morgan fingerprint density at radius 2 is 1.48 bits per heavy atom. The van der Waals surface area contributed by atoms with Crippen molar-refractivity contribution in [2.45, 2.75) is 6.54 Å². The summed E-state index contributed by atoms with van der Waals surface area (Å²) in [6.45, 7) is 0.268. The number of hydrogen-bond acceptors (Lipinski definition) is 1. The Morgan fingerprint density at radius 3 is 2.33 bits per heavy atom. The number of amides is 1. The van der Waals surface area contributed by atoms with Crippen molar-refractivity contribution < 1.29 is 42.1 Å². The molecule has 0 unspecified atom stereocenters. The molecule has 4 heteroatoms. The van der Waals surface area contributed by atoms with Crippen LogP contribution >= 0.6 is 0 Å². The fourth-order valence-electron chi connectivity index (χ4n) is 3.11. The molecule has 0 aliphatic carbocycles. The van der Waals surface area contributed by atoms with Gasteiger partial charge in [0.2, 0.25) is 6.54 Å². The fraction of sp³-hybridized carbons (Fsp3) is 0.0435. The third-order valence-electron chi connectivity index (χ3n) is 4.36. The minimum Gasteiger partial charge on any atom is -0.320 e. The van der Waals surface area contributed by atoms with Gasteiger partial charge in [-0.2, -0.15) is 4.57 Å². The number of rotatable bonds is 4. The Hall–Kier alpha value is -2.36. The summed E-state index contributed by atoms with van der Waals surface area (Å²) in [6, 6.07) is 28.2. The molecule has 1 N–H and O–H groups in total. The molecule has 0 atom stereocenters. The third kappa shape index (κ3) is 4.68. The van der Waals surface area contributed by atoms with E-state index in [1.165, 1.54) is 0 Å². The van der Waals surface area contributed by atoms with Gasteiger partial charge in [-0.15, -0.1) is 0 Å². The van der Waals surface area contributed by atoms with Crippen LogP contribution < -0.4 is 9.88 Å². The normalized spacial score (nSPS) is 10.2. The predicted molar refractivity (Wildman–Crippen MR) is 105 cm³/mol. The molecular weight excluding hydrogens is 409 g/mol. The SMILES string of the molecule is O=C(C[n+]1cccc(-c2ccccc2)c1)Nc1cccc2ccccc12.[Y]. The number of carbonyl (C=O) groups excluding carboxylic acids is 1. The van der Waals surface area contributed by atoms with Gasteiger partial charge in [-0.3, -0.25) is 4.79 Å². The molecule has 1 amide bonds. The zero-order chi connectivity index (χ0) is 17.8. The van der Waals surface area contributed by atoms with E-state index in [0.717, 1.165) is 27.6 Å². The molecule has 129 valence electrons. The standard InChI is InChI=1S/C23H18N2O.Y/c26-23(24-22-14-6-11-19-10-4-5-13-21(19)22)17-25-15-7-12-20(16-25)18-8-2-1-3-9-18;/h1-16H,17H2;/p+1. The van der Waals surface area contributed by atoms with Crippen LogP contribution in [0.25, 0.3) is 21.9 Å². The van der Waals surface area contributed by atoms with Gasteiger partial charge in [-0.1, -0.05) is 66.7 Å². The molecule has 0 aliphatic heterocycles. The number of benzene rings is 3. The predicted octanol–water partition coefficient (Wildman–Crippen LogP) is 4.43. The van der Waals surface area contributed by atoms with Crippen molar-refractivity contribution in [1.29, 1.82) is 0 Å². The van der Waals surface area contributed by atoms with Gasteiger partial charge in [0.1, 0.15) is 0 Å². The molecule has 4 aromatic rings. The first-order valence-electron chi connectivity index (χ1n) is 8.62. The van der Waals surface area contributed by atoms with Crippen LogP contribution in [0.4, 0.5) is 5.69 Å². The van der Waals surface area contributed by atoms with Crippen LogP contribution in [-0.2, 0) is 44.0 Å². The molecule has 0 saturated heterocycles. The van der Waals surface area contributed by atoms with E-state index in [1.54, 1.807) is 0 Å². The van der Waals surface area contributed by atoms with Gasteiger partial charge in [-0.25, -0.2) is 0 Å². The molecule has 0 saturated carbocycles. The van der Waals surface area contributed by atoms with Crippen molar-refractivity contribution in [2.24, 2.45) is 0 Å². The number of aromatic nitrogens is 1. The van der Waals surface area contributed by atoms with Crippen molar-refractivity contribution >= 4 is 22.4 Å². The first-order chi connectivity index (χ1) is 12.8. The Balaban J connectivity index is 0.00000210. The zero-order valence-electron chi connectivity index (χ0n) is 14.9. The maximum atomic E-state index is 12.5. The van der Waals surface area contributed by atoms with E-state index in [2.05, 4.69) is 23.5 Å². The topological polar surface area (TPSA) is 33.0 Å². The summed E-state index contributed by atoms with van der Waals surface area (Å²) in [6.07, 6.45) is 3.91. The number of nitrogens with one attached hydrogen (secondary N) is 1. The maximum absolute atomic E-state index is 12.5. The van der Waals surface area contributed by atoms with Crippen LogP contribution in [0.2, 0.25) is 0 Å². The van der Waals surface area contributed by atoms with Crippen molar-refractivity contribution in [2.75, 3.05) is 5.32 Å². The first-order valence-corrected chi connectivity index (χ1v) is 8.62. The number of fused-ring (bicyclic) bond motifs is 1. The fourth-order valence-corrected chi connectivity index (χ4v) is 3.11. The van der Waals surface area contributed by atoms with Crippen molar-refractivity contribution in [3.05, 3.63) is 97.3 Å². The summed E-state index contributed by atoms with van der Waals surface area (Å²) in [5.41, 5.74) is 3.07. The molecule has 27 heavy (non-hydrogen) atoms. The van der Waals surface area contributed by atoms with E-state index in [1.807, 2.05) is 83.7 Å². The molecule has 0 bridgehead atoms. The van der Waals surface area contributed by atoms with Crippen LogP contribution in [-0.4, -0.2) is 5.91 Å². The Kier molecular flexibility index (Phi) is 6.49. The van der Waals surface area contributed by atoms with E-state index in [4.69, 9.17) is 0 Å². The second-order valence-electron chi connectivity index (χ2n) is 6.21. The molecule has 0 aliphatic rings. The number of carbonyl (C=O) groups is 1. The van der Waals surface area contributed by atoms with Crippen LogP contribution in [0.1, 0.15) is 0 Å². The van der Waals surface area contributed by atoms with E-state index in [9.17, 15) is 4.79 Å². The summed E-state index contributed by atoms with van der Waals surface area (Å²) in [5, 5.41) is 5.20. The molecule has 0 spiro atoms. The minimum atomic E-state index is -0.0448. The average molecular weight is 428 g/mol. The Morgan fingerprint density at radius 1 is 0.778 bits per heavy atom. The summed E-state index contributed by atoms with van der Waals surface area (Å²) in [7, 11) is 0. The van der Waals surface area contributed by atoms with E-state index < -0.39 is 0 Å². The van der Waals surface area contributed by atoms with E-state index in [-0.39, 0.29) is 45.2 Å². The first kappa shape index (κ1) is 19.4. The molecule has 1 radical (unpaired) electrons. The zero-order valence-corrected chi connectivity index (χ0v) is 17.7. The number of hydrogen-bond donors (Lipinski definition) is 1. The van der Waals surface area contributed by atoms with Gasteiger partial charge >= 0.3 is 0 Å². The molecular formula is C23H19N2OY+. The molecule has 3 nitrogen and oxygen atoms in total. The van der Waals surface area contributed by atoms with Crippen LogP contribution in [0.5, 0.6) is 0 Å². The second-order valence-corrected chi connectivity index (χ2v) is 6.21. The summed E-state index contributed by atoms with van der Waals surface area (Å²) in [4.78, 5) is 12.5. The van der Waals surface area contributed by atoms with Crippen molar-refractivity contribution in [3.63, 3.8) is 0 Å². The minimum absolute atomic E-state index is 0. The number of anilines is 1. The largest absolute Gasteiger partial charge is 0.320 e. The van der Waals surface area contributed by atoms with Crippen molar-refractivity contribution in [1.82, 2.24) is 0 Å². The van der Waals surface area contributed by atoms with Gasteiger partial charge in [0.05, 0.1) is 0 Å². The quantitative estimate of drug-likeness (QED) is 0.480. The number of nitrogens with zero attached hydrogens (tertiary/aromatic N) is 1. The Labute approximate surface area is 183 Å². The summed E-state index contributed by atoms with van der Waals surface area (Å²) in [5.74, 6) is -0.0448. The third-order valence-corrected chi connectivity index (χ3v) is 4.36. The average Bonchev–Trinajstić information content (AvgIpc) is 2.69. The van der Waals surface area contributed by atoms with E-state index >= 15 is 0 Å². The van der Waals surface area contributed by atoms with Gasteiger partial charge in [0.25, 0.3) is 5.91 Å². The monoisotopic (exact) mass is 428 g/mol.